The van der Waals surface area contributed by atoms with Gasteiger partial charge >= 0.3 is 6.18 Å². The van der Waals surface area contributed by atoms with Crippen LogP contribution < -0.4 is 16.4 Å². The maximum Gasteiger partial charge on any atom is 0.404 e. The minimum Gasteiger partial charge on any atom is -0.370 e. The van der Waals surface area contributed by atoms with Crippen LogP contribution in [0.25, 0.3) is 0 Å². The van der Waals surface area contributed by atoms with Gasteiger partial charge in [0.25, 0.3) is 0 Å². The molecule has 8 heteroatoms. The molecule has 0 aliphatic carbocycles. The summed E-state index contributed by atoms with van der Waals surface area (Å²) in [4.78, 5) is 22.4. The van der Waals surface area contributed by atoms with Gasteiger partial charge in [-0.3, -0.25) is 9.59 Å². The van der Waals surface area contributed by atoms with Crippen LogP contribution in [0.1, 0.15) is 19.8 Å². The number of hydrogen-bond acceptors (Lipinski definition) is 3. The molecule has 0 aromatic heterocycles. The quantitative estimate of drug-likeness (QED) is 0.665. The van der Waals surface area contributed by atoms with Gasteiger partial charge in [-0.2, -0.15) is 13.2 Å². The summed E-state index contributed by atoms with van der Waals surface area (Å²) in [7, 11) is 0. The zero-order valence-electron chi connectivity index (χ0n) is 9.93. The van der Waals surface area contributed by atoms with E-state index in [2.05, 4.69) is 10.6 Å². The molecule has 0 spiro atoms. The number of alkyl halides is 3. The van der Waals surface area contributed by atoms with Gasteiger partial charge in [0, 0.05) is 19.0 Å². The lowest BCUT2D eigenvalue weighted by molar-refractivity contribution is -0.216. The van der Waals surface area contributed by atoms with E-state index in [0.717, 1.165) is 0 Å². The van der Waals surface area contributed by atoms with Crippen LogP contribution in [0.2, 0.25) is 0 Å². The van der Waals surface area contributed by atoms with E-state index >= 15 is 0 Å². The van der Waals surface area contributed by atoms with Crippen molar-refractivity contribution in [3.63, 3.8) is 0 Å². The summed E-state index contributed by atoms with van der Waals surface area (Å²) in [6.07, 6.45) is -5.11. The second kappa shape index (κ2) is 5.13. The molecule has 2 amide bonds. The first kappa shape index (κ1) is 14.7. The third-order valence-electron chi connectivity index (χ3n) is 3.02. The number of carbonyl (C=O) groups excluding carboxylic acids is 2. The summed E-state index contributed by atoms with van der Waals surface area (Å²) in [5, 5.41) is 4.74. The van der Waals surface area contributed by atoms with Gasteiger partial charge < -0.3 is 16.4 Å². The highest BCUT2D eigenvalue weighted by molar-refractivity contribution is 5.85. The van der Waals surface area contributed by atoms with Crippen LogP contribution in [0.3, 0.4) is 0 Å². The maximum atomic E-state index is 13.0. The van der Waals surface area contributed by atoms with Crippen molar-refractivity contribution in [2.75, 3.05) is 13.1 Å². The predicted octanol–water partition coefficient (Wildman–Crippen LogP) is -0.0915. The average Bonchev–Trinajstić information content (AvgIpc) is 2.63. The molecule has 0 radical (unpaired) electrons. The predicted molar refractivity (Wildman–Crippen MR) is 57.4 cm³/mol. The molecular weight excluding hydrogens is 251 g/mol. The van der Waals surface area contributed by atoms with Crippen LogP contribution in [0, 0.1) is 5.41 Å². The van der Waals surface area contributed by atoms with Crippen LogP contribution in [0.15, 0.2) is 0 Å². The van der Waals surface area contributed by atoms with Crippen LogP contribution in [-0.4, -0.2) is 37.1 Å². The number of carbonyl (C=O) groups is 2. The zero-order chi connectivity index (χ0) is 14.0. The third kappa shape index (κ3) is 2.92. The lowest BCUT2D eigenvalue weighted by Gasteiger charge is -2.30. The monoisotopic (exact) mass is 267 g/mol. The molecule has 2 atom stereocenters. The topological polar surface area (TPSA) is 84.2 Å². The first-order valence-corrected chi connectivity index (χ1v) is 5.56. The molecule has 0 bridgehead atoms. The smallest absolute Gasteiger partial charge is 0.370 e. The Bertz CT molecular complexity index is 338. The molecule has 1 saturated heterocycles. The van der Waals surface area contributed by atoms with Crippen molar-refractivity contribution in [1.82, 2.24) is 10.6 Å². The average molecular weight is 267 g/mol. The van der Waals surface area contributed by atoms with Gasteiger partial charge in [-0.1, -0.05) is 0 Å². The number of nitrogens with two attached hydrogens (primary N) is 1. The molecule has 0 aromatic carbocycles. The molecule has 2 unspecified atom stereocenters. The van der Waals surface area contributed by atoms with Gasteiger partial charge in [0.15, 0.2) is 5.41 Å². The summed E-state index contributed by atoms with van der Waals surface area (Å²) in [6, 6.07) is -0.713. The Kier molecular flexibility index (Phi) is 4.20. The minimum atomic E-state index is -4.62. The Morgan fingerprint density at radius 3 is 2.50 bits per heavy atom. The second-order valence-corrected chi connectivity index (χ2v) is 4.55. The van der Waals surface area contributed by atoms with Crippen LogP contribution in [0.4, 0.5) is 13.2 Å². The van der Waals surface area contributed by atoms with Gasteiger partial charge in [-0.05, 0) is 19.9 Å². The van der Waals surface area contributed by atoms with E-state index in [1.807, 2.05) is 0 Å². The molecule has 4 N–H and O–H groups in total. The Labute approximate surface area is 102 Å². The third-order valence-corrected chi connectivity index (χ3v) is 3.02. The zero-order valence-corrected chi connectivity index (χ0v) is 9.93. The number of amides is 2. The first-order chi connectivity index (χ1) is 8.19. The van der Waals surface area contributed by atoms with Crippen molar-refractivity contribution >= 4 is 11.8 Å². The first-order valence-electron chi connectivity index (χ1n) is 5.56. The molecule has 0 saturated carbocycles. The molecule has 1 aliphatic rings. The molecule has 104 valence electrons. The maximum absolute atomic E-state index is 13.0. The van der Waals surface area contributed by atoms with Crippen molar-refractivity contribution < 1.29 is 22.8 Å². The minimum absolute atomic E-state index is 0.136. The van der Waals surface area contributed by atoms with E-state index in [0.29, 0.717) is 0 Å². The highest BCUT2D eigenvalue weighted by atomic mass is 19.4. The van der Waals surface area contributed by atoms with Crippen LogP contribution in [0.5, 0.6) is 0 Å². The number of hydrogen-bond donors (Lipinski definition) is 3. The number of primary amides is 1. The summed E-state index contributed by atoms with van der Waals surface area (Å²) in [5.41, 5.74) is 2.51. The fourth-order valence-corrected chi connectivity index (χ4v) is 1.97. The second-order valence-electron chi connectivity index (χ2n) is 4.55. The van der Waals surface area contributed by atoms with Crippen LogP contribution >= 0.6 is 0 Å². The Hall–Kier alpha value is -1.31. The van der Waals surface area contributed by atoms with E-state index in [1.165, 1.54) is 6.92 Å². The molecule has 18 heavy (non-hydrogen) atoms. The lowest BCUT2D eigenvalue weighted by Crippen LogP contribution is -2.54. The van der Waals surface area contributed by atoms with Gasteiger partial charge in [0.05, 0.1) is 0 Å². The summed E-state index contributed by atoms with van der Waals surface area (Å²) >= 11 is 0. The molecule has 0 aromatic rings. The molecule has 1 fully saturated rings. The fraction of sp³-hybridized carbons (Fsp3) is 0.800. The highest BCUT2D eigenvalue weighted by Crippen LogP contribution is 2.43. The van der Waals surface area contributed by atoms with E-state index in [9.17, 15) is 22.8 Å². The molecule has 1 heterocycles. The summed E-state index contributed by atoms with van der Waals surface area (Å²) in [6.45, 7) is 1.14. The van der Waals surface area contributed by atoms with Crippen molar-refractivity contribution in [2.24, 2.45) is 11.1 Å². The van der Waals surface area contributed by atoms with Crippen molar-refractivity contribution in [3.8, 4) is 0 Å². The SMILES string of the molecule is CC(CC(N)=O)NC(=O)C1(C(F)(F)F)CCNC1. The van der Waals surface area contributed by atoms with Crippen molar-refractivity contribution in [3.05, 3.63) is 0 Å². The van der Waals surface area contributed by atoms with Crippen molar-refractivity contribution in [2.45, 2.75) is 32.0 Å². The largest absolute Gasteiger partial charge is 0.404 e. The Morgan fingerprint density at radius 2 is 2.11 bits per heavy atom. The Morgan fingerprint density at radius 1 is 1.50 bits per heavy atom. The van der Waals surface area contributed by atoms with Gasteiger partial charge in [-0.25, -0.2) is 0 Å². The van der Waals surface area contributed by atoms with E-state index in [1.54, 1.807) is 0 Å². The molecule has 1 rings (SSSR count). The normalized spacial score (nSPS) is 25.8. The van der Waals surface area contributed by atoms with Gasteiger partial charge in [0.1, 0.15) is 0 Å². The standard InChI is InChI=1S/C10H16F3N3O2/c1-6(4-7(14)17)16-8(18)9(10(11,12)13)2-3-15-5-9/h6,15H,2-5H2,1H3,(H2,14,17)(H,16,18). The summed E-state index contributed by atoms with van der Waals surface area (Å²) < 4.78 is 39.0. The fourth-order valence-electron chi connectivity index (χ4n) is 1.97. The van der Waals surface area contributed by atoms with E-state index in [4.69, 9.17) is 5.73 Å². The van der Waals surface area contributed by atoms with Gasteiger partial charge in [-0.15, -0.1) is 0 Å². The van der Waals surface area contributed by atoms with Crippen LogP contribution in [-0.2, 0) is 9.59 Å². The van der Waals surface area contributed by atoms with Crippen molar-refractivity contribution in [1.29, 1.82) is 0 Å². The number of nitrogens with one attached hydrogen (secondary N) is 2. The Balaban J connectivity index is 2.76. The molecule has 1 aliphatic heterocycles. The summed E-state index contributed by atoms with van der Waals surface area (Å²) in [5.74, 6) is -1.78. The number of rotatable bonds is 4. The lowest BCUT2D eigenvalue weighted by atomic mass is 9.85. The highest BCUT2D eigenvalue weighted by Gasteiger charge is 2.61. The molecular formula is C10H16F3N3O2. The van der Waals surface area contributed by atoms with E-state index in [-0.39, 0.29) is 19.4 Å². The van der Waals surface area contributed by atoms with Gasteiger partial charge in [0.2, 0.25) is 11.8 Å². The van der Waals surface area contributed by atoms with E-state index < -0.39 is 36.0 Å². The number of halogens is 3. The molecule has 5 nitrogen and oxygen atoms in total.